The summed E-state index contributed by atoms with van der Waals surface area (Å²) in [5, 5.41) is 4.84. The van der Waals surface area contributed by atoms with Gasteiger partial charge in [-0.3, -0.25) is 15.0 Å². The van der Waals surface area contributed by atoms with E-state index in [0.717, 1.165) is 11.3 Å². The Morgan fingerprint density at radius 3 is 2.58 bits per heavy atom. The summed E-state index contributed by atoms with van der Waals surface area (Å²) in [6, 6.07) is 10.5. The van der Waals surface area contributed by atoms with Crippen LogP contribution in [-0.4, -0.2) is 37.5 Å². The van der Waals surface area contributed by atoms with E-state index in [0.29, 0.717) is 12.3 Å². The van der Waals surface area contributed by atoms with Crippen LogP contribution < -0.4 is 15.4 Å². The monoisotopic (exact) mass is 331 g/mol. The third-order valence-corrected chi connectivity index (χ3v) is 3.28. The fraction of sp³-hybridized carbons (Fsp3) is 0.294. The average molecular weight is 331 g/mol. The molecule has 1 aromatic heterocycles. The van der Waals surface area contributed by atoms with Gasteiger partial charge in [-0.2, -0.15) is 0 Å². The summed E-state index contributed by atoms with van der Waals surface area (Å²) in [4.78, 5) is 25.3. The van der Waals surface area contributed by atoms with E-state index in [4.69, 9.17) is 9.15 Å². The highest BCUT2D eigenvalue weighted by molar-refractivity contribution is 5.95. The van der Waals surface area contributed by atoms with Crippen LogP contribution in [-0.2, 0) is 17.9 Å². The molecular formula is C17H21N3O4. The molecule has 0 saturated heterocycles. The van der Waals surface area contributed by atoms with E-state index in [-0.39, 0.29) is 19.0 Å². The van der Waals surface area contributed by atoms with E-state index < -0.39 is 6.03 Å². The Morgan fingerprint density at radius 1 is 1.21 bits per heavy atom. The van der Waals surface area contributed by atoms with Crippen molar-refractivity contribution in [3.8, 4) is 5.75 Å². The summed E-state index contributed by atoms with van der Waals surface area (Å²) in [5.74, 6) is 1.03. The smallest absolute Gasteiger partial charge is 0.321 e. The summed E-state index contributed by atoms with van der Waals surface area (Å²) < 4.78 is 10.2. The maximum atomic E-state index is 11.9. The molecule has 0 spiro atoms. The predicted octanol–water partition coefficient (Wildman–Crippen LogP) is 1.75. The minimum atomic E-state index is -0.547. The molecule has 0 aliphatic heterocycles. The van der Waals surface area contributed by atoms with Crippen molar-refractivity contribution in [1.82, 2.24) is 15.5 Å². The summed E-state index contributed by atoms with van der Waals surface area (Å²) in [6.45, 7) is 0.930. The lowest BCUT2D eigenvalue weighted by atomic mass is 10.2. The molecule has 2 aromatic rings. The number of furan rings is 1. The number of amides is 3. The SMILES string of the molecule is COc1ccc(CN(C)CC(=O)NC(=O)NCc2ccco2)cc1. The van der Waals surface area contributed by atoms with Crippen molar-refractivity contribution in [2.75, 3.05) is 20.7 Å². The molecule has 0 aliphatic carbocycles. The maximum Gasteiger partial charge on any atom is 0.321 e. The molecule has 0 atom stereocenters. The number of hydrogen-bond acceptors (Lipinski definition) is 5. The van der Waals surface area contributed by atoms with Gasteiger partial charge in [0.1, 0.15) is 11.5 Å². The number of urea groups is 1. The summed E-state index contributed by atoms with van der Waals surface area (Å²) >= 11 is 0. The zero-order valence-electron chi connectivity index (χ0n) is 13.7. The third-order valence-electron chi connectivity index (χ3n) is 3.28. The number of carbonyl (C=O) groups excluding carboxylic acids is 2. The number of rotatable bonds is 7. The van der Waals surface area contributed by atoms with E-state index in [1.807, 2.05) is 36.2 Å². The standard InChI is InChI=1S/C17H21N3O4/c1-20(11-13-5-7-14(23-2)8-6-13)12-16(21)19-17(22)18-10-15-4-3-9-24-15/h3-9H,10-12H2,1-2H3,(H2,18,19,21,22). The molecule has 24 heavy (non-hydrogen) atoms. The Kier molecular flexibility index (Phi) is 6.39. The van der Waals surface area contributed by atoms with Gasteiger partial charge in [0.25, 0.3) is 0 Å². The first-order valence-corrected chi connectivity index (χ1v) is 7.48. The van der Waals surface area contributed by atoms with Gasteiger partial charge in [0, 0.05) is 6.54 Å². The Hall–Kier alpha value is -2.80. The molecular weight excluding hydrogens is 310 g/mol. The Morgan fingerprint density at radius 2 is 1.96 bits per heavy atom. The predicted molar refractivity (Wildman–Crippen MR) is 88.4 cm³/mol. The molecule has 0 radical (unpaired) electrons. The van der Waals surface area contributed by atoms with Gasteiger partial charge in [-0.1, -0.05) is 12.1 Å². The average Bonchev–Trinajstić information content (AvgIpc) is 3.07. The van der Waals surface area contributed by atoms with E-state index >= 15 is 0 Å². The number of nitrogens with one attached hydrogen (secondary N) is 2. The van der Waals surface area contributed by atoms with Crippen LogP contribution in [0, 0.1) is 0 Å². The van der Waals surface area contributed by atoms with Gasteiger partial charge >= 0.3 is 6.03 Å². The normalized spacial score (nSPS) is 10.5. The fourth-order valence-electron chi connectivity index (χ4n) is 2.13. The number of likely N-dealkylation sites (N-methyl/N-ethyl adjacent to an activating group) is 1. The van der Waals surface area contributed by atoms with Crippen LogP contribution in [0.5, 0.6) is 5.75 Å². The molecule has 0 bridgehead atoms. The quantitative estimate of drug-likeness (QED) is 0.807. The third kappa shape index (κ3) is 5.77. The van der Waals surface area contributed by atoms with Crippen LogP contribution in [0.3, 0.4) is 0 Å². The molecule has 3 amide bonds. The molecule has 1 aromatic carbocycles. The topological polar surface area (TPSA) is 83.8 Å². The van der Waals surface area contributed by atoms with Crippen molar-refractivity contribution in [2.45, 2.75) is 13.1 Å². The highest BCUT2D eigenvalue weighted by atomic mass is 16.5. The van der Waals surface area contributed by atoms with Gasteiger partial charge in [-0.05, 0) is 36.9 Å². The lowest BCUT2D eigenvalue weighted by Crippen LogP contribution is -2.43. The summed E-state index contributed by atoms with van der Waals surface area (Å²) in [7, 11) is 3.42. The Balaban J connectivity index is 1.71. The number of ether oxygens (including phenoxy) is 1. The molecule has 0 fully saturated rings. The molecule has 0 saturated carbocycles. The number of nitrogens with zero attached hydrogens (tertiary/aromatic N) is 1. The van der Waals surface area contributed by atoms with Crippen molar-refractivity contribution < 1.29 is 18.7 Å². The number of carbonyl (C=O) groups is 2. The highest BCUT2D eigenvalue weighted by Crippen LogP contribution is 2.12. The van der Waals surface area contributed by atoms with E-state index in [1.165, 1.54) is 6.26 Å². The number of imide groups is 1. The number of benzene rings is 1. The van der Waals surface area contributed by atoms with Gasteiger partial charge < -0.3 is 14.5 Å². The second-order valence-electron chi connectivity index (χ2n) is 5.33. The lowest BCUT2D eigenvalue weighted by molar-refractivity contribution is -0.120. The van der Waals surface area contributed by atoms with Gasteiger partial charge in [0.2, 0.25) is 5.91 Å². The van der Waals surface area contributed by atoms with Gasteiger partial charge in [-0.25, -0.2) is 4.79 Å². The number of methoxy groups -OCH3 is 1. The fourth-order valence-corrected chi connectivity index (χ4v) is 2.13. The van der Waals surface area contributed by atoms with Gasteiger partial charge in [0.05, 0.1) is 26.5 Å². The molecule has 7 nitrogen and oxygen atoms in total. The first-order valence-electron chi connectivity index (χ1n) is 7.48. The molecule has 0 aliphatic rings. The Bertz CT molecular complexity index is 653. The van der Waals surface area contributed by atoms with Crippen LogP contribution in [0.2, 0.25) is 0 Å². The van der Waals surface area contributed by atoms with Crippen LogP contribution >= 0.6 is 0 Å². The summed E-state index contributed by atoms with van der Waals surface area (Å²) in [6.07, 6.45) is 1.52. The van der Waals surface area contributed by atoms with Gasteiger partial charge in [0.15, 0.2) is 0 Å². The van der Waals surface area contributed by atoms with E-state index in [2.05, 4.69) is 10.6 Å². The van der Waals surface area contributed by atoms with Crippen molar-refractivity contribution in [2.24, 2.45) is 0 Å². The highest BCUT2D eigenvalue weighted by Gasteiger charge is 2.11. The minimum absolute atomic E-state index is 0.111. The molecule has 2 rings (SSSR count). The zero-order chi connectivity index (χ0) is 17.4. The molecule has 1 heterocycles. The molecule has 128 valence electrons. The molecule has 0 unspecified atom stereocenters. The van der Waals surface area contributed by atoms with Crippen molar-refractivity contribution in [3.05, 3.63) is 54.0 Å². The second kappa shape index (κ2) is 8.73. The molecule has 7 heteroatoms. The van der Waals surface area contributed by atoms with E-state index in [1.54, 1.807) is 19.2 Å². The van der Waals surface area contributed by atoms with Crippen molar-refractivity contribution in [3.63, 3.8) is 0 Å². The van der Waals surface area contributed by atoms with Crippen LogP contribution in [0.4, 0.5) is 4.79 Å². The Labute approximate surface area is 140 Å². The van der Waals surface area contributed by atoms with Crippen molar-refractivity contribution in [1.29, 1.82) is 0 Å². The van der Waals surface area contributed by atoms with Crippen LogP contribution in [0.25, 0.3) is 0 Å². The van der Waals surface area contributed by atoms with Gasteiger partial charge in [-0.15, -0.1) is 0 Å². The van der Waals surface area contributed by atoms with Crippen molar-refractivity contribution >= 4 is 11.9 Å². The second-order valence-corrected chi connectivity index (χ2v) is 5.33. The lowest BCUT2D eigenvalue weighted by Gasteiger charge is -2.16. The molecule has 2 N–H and O–H groups in total. The van der Waals surface area contributed by atoms with E-state index in [9.17, 15) is 9.59 Å². The largest absolute Gasteiger partial charge is 0.497 e. The minimum Gasteiger partial charge on any atom is -0.497 e. The maximum absolute atomic E-state index is 11.9. The van der Waals surface area contributed by atoms with Crippen LogP contribution in [0.15, 0.2) is 47.1 Å². The van der Waals surface area contributed by atoms with Crippen LogP contribution in [0.1, 0.15) is 11.3 Å². The zero-order valence-corrected chi connectivity index (χ0v) is 13.7. The summed E-state index contributed by atoms with van der Waals surface area (Å²) in [5.41, 5.74) is 1.05. The first-order chi connectivity index (χ1) is 11.6. The first kappa shape index (κ1) is 17.6. The number of hydrogen-bond donors (Lipinski definition) is 2.